The zero-order valence-corrected chi connectivity index (χ0v) is 12.4. The zero-order chi connectivity index (χ0) is 13.0. The van der Waals surface area contributed by atoms with Crippen LogP contribution in [0.5, 0.6) is 0 Å². The molecular weight excluding hydrogens is 290 g/mol. The summed E-state index contributed by atoms with van der Waals surface area (Å²) in [5.41, 5.74) is 0. The number of nitrogens with one attached hydrogen (secondary N) is 1. The summed E-state index contributed by atoms with van der Waals surface area (Å²) >= 11 is 4.56. The van der Waals surface area contributed by atoms with Crippen molar-refractivity contribution >= 4 is 46.0 Å². The molecule has 0 aliphatic heterocycles. The predicted molar refractivity (Wildman–Crippen MR) is 76.8 cm³/mol. The third-order valence-corrected chi connectivity index (χ3v) is 5.84. The van der Waals surface area contributed by atoms with Crippen LogP contribution >= 0.6 is 34.9 Å². The first-order valence-corrected chi connectivity index (χ1v) is 8.74. The van der Waals surface area contributed by atoms with Crippen molar-refractivity contribution in [3.8, 4) is 0 Å². The smallest absolute Gasteiger partial charge is 0.313 e. The van der Waals surface area contributed by atoms with Crippen molar-refractivity contribution < 1.29 is 9.90 Å². The van der Waals surface area contributed by atoms with E-state index in [0.29, 0.717) is 10.4 Å². The van der Waals surface area contributed by atoms with E-state index in [4.69, 9.17) is 5.11 Å². The van der Waals surface area contributed by atoms with E-state index in [-0.39, 0.29) is 5.75 Å². The number of aliphatic carboxylic acids is 1. The van der Waals surface area contributed by atoms with Gasteiger partial charge in [-0.25, -0.2) is 0 Å². The molecule has 1 heterocycles. The molecule has 5 nitrogen and oxygen atoms in total. The molecule has 0 bridgehead atoms. The molecule has 0 spiro atoms. The van der Waals surface area contributed by atoms with E-state index in [0.717, 1.165) is 10.4 Å². The largest absolute Gasteiger partial charge is 0.481 e. The summed E-state index contributed by atoms with van der Waals surface area (Å²) in [6, 6.07) is 0.479. The molecule has 0 saturated heterocycles. The molecule has 2 N–H and O–H groups in total. The Balaban J connectivity index is 1.81. The van der Waals surface area contributed by atoms with E-state index in [1.54, 1.807) is 0 Å². The molecule has 8 heteroatoms. The van der Waals surface area contributed by atoms with Gasteiger partial charge in [0.1, 0.15) is 0 Å². The van der Waals surface area contributed by atoms with Gasteiger partial charge in [-0.15, -0.1) is 10.2 Å². The van der Waals surface area contributed by atoms with E-state index in [9.17, 15) is 4.79 Å². The Morgan fingerprint density at radius 3 is 3.06 bits per heavy atom. The molecule has 2 unspecified atom stereocenters. The zero-order valence-electron chi connectivity index (χ0n) is 9.96. The van der Waals surface area contributed by atoms with Crippen LogP contribution in [0.4, 0.5) is 5.13 Å². The highest BCUT2D eigenvalue weighted by Gasteiger charge is 2.24. The van der Waals surface area contributed by atoms with Gasteiger partial charge in [0.15, 0.2) is 4.34 Å². The fourth-order valence-electron chi connectivity index (χ4n) is 1.91. The third kappa shape index (κ3) is 4.03. The number of aromatic nitrogens is 2. The van der Waals surface area contributed by atoms with E-state index >= 15 is 0 Å². The molecule has 2 atom stereocenters. The van der Waals surface area contributed by atoms with Crippen LogP contribution in [0.15, 0.2) is 4.34 Å². The number of hydrogen-bond acceptors (Lipinski definition) is 7. The van der Waals surface area contributed by atoms with Crippen LogP contribution in [0, 0.1) is 0 Å². The SMILES string of the molecule is CSC1CCC(Nc2nnc(SCC(=O)O)s2)C1. The summed E-state index contributed by atoms with van der Waals surface area (Å²) in [6.45, 7) is 0. The lowest BCUT2D eigenvalue weighted by atomic mass is 10.3. The molecule has 1 aliphatic rings. The Morgan fingerprint density at radius 1 is 1.56 bits per heavy atom. The highest BCUT2D eigenvalue weighted by atomic mass is 32.2. The number of rotatable bonds is 6. The highest BCUT2D eigenvalue weighted by molar-refractivity contribution is 8.01. The molecule has 1 aromatic rings. The fraction of sp³-hybridized carbons (Fsp3) is 0.700. The van der Waals surface area contributed by atoms with Gasteiger partial charge in [0.2, 0.25) is 5.13 Å². The number of carboxylic acids is 1. The van der Waals surface area contributed by atoms with Gasteiger partial charge in [-0.05, 0) is 25.5 Å². The van der Waals surface area contributed by atoms with Crippen molar-refractivity contribution in [3.63, 3.8) is 0 Å². The van der Waals surface area contributed by atoms with Gasteiger partial charge in [0.05, 0.1) is 5.75 Å². The summed E-state index contributed by atoms with van der Waals surface area (Å²) < 4.78 is 0.708. The number of carbonyl (C=O) groups is 1. The van der Waals surface area contributed by atoms with Crippen LogP contribution in [0.1, 0.15) is 19.3 Å². The topological polar surface area (TPSA) is 75.1 Å². The monoisotopic (exact) mass is 305 g/mol. The van der Waals surface area contributed by atoms with Crippen molar-refractivity contribution in [2.75, 3.05) is 17.3 Å². The number of anilines is 1. The van der Waals surface area contributed by atoms with Gasteiger partial charge in [-0.1, -0.05) is 23.1 Å². The number of hydrogen-bond donors (Lipinski definition) is 2. The summed E-state index contributed by atoms with van der Waals surface area (Å²) in [5, 5.41) is 21.5. The second-order valence-corrected chi connectivity index (χ2v) is 7.41. The molecule has 1 saturated carbocycles. The average Bonchev–Trinajstić information content (AvgIpc) is 2.96. The van der Waals surface area contributed by atoms with Crippen molar-refractivity contribution in [1.29, 1.82) is 0 Å². The van der Waals surface area contributed by atoms with Gasteiger partial charge >= 0.3 is 5.97 Å². The quantitative estimate of drug-likeness (QED) is 0.782. The maximum Gasteiger partial charge on any atom is 0.313 e. The van der Waals surface area contributed by atoms with Gasteiger partial charge in [0, 0.05) is 11.3 Å². The normalized spacial score (nSPS) is 23.2. The Hall–Kier alpha value is -0.470. The third-order valence-electron chi connectivity index (χ3n) is 2.77. The summed E-state index contributed by atoms with van der Waals surface area (Å²) in [6.07, 6.45) is 5.73. The van der Waals surface area contributed by atoms with Gasteiger partial charge in [-0.3, -0.25) is 4.79 Å². The lowest BCUT2D eigenvalue weighted by Gasteiger charge is -2.10. The number of carboxylic acid groups (broad SMARTS) is 1. The Bertz CT molecular complexity index is 413. The van der Waals surface area contributed by atoms with E-state index in [1.807, 2.05) is 11.8 Å². The molecule has 1 aliphatic carbocycles. The summed E-state index contributed by atoms with van der Waals surface area (Å²) in [5.74, 6) is -0.796. The second-order valence-electron chi connectivity index (χ2n) is 4.07. The molecule has 1 fully saturated rings. The van der Waals surface area contributed by atoms with Crippen molar-refractivity contribution in [1.82, 2.24) is 10.2 Å². The van der Waals surface area contributed by atoms with E-state index < -0.39 is 5.97 Å². The maximum absolute atomic E-state index is 10.4. The molecule has 1 aromatic heterocycles. The second kappa shape index (κ2) is 6.63. The molecule has 0 aromatic carbocycles. The van der Waals surface area contributed by atoms with E-state index in [2.05, 4.69) is 21.8 Å². The standard InChI is InChI=1S/C10H15N3O2S3/c1-16-7-3-2-6(4-7)11-9-12-13-10(18-9)17-5-8(14)15/h6-7H,2-5H2,1H3,(H,11,12)(H,14,15). The lowest BCUT2D eigenvalue weighted by Crippen LogP contribution is -2.15. The Kier molecular flexibility index (Phi) is 5.13. The summed E-state index contributed by atoms with van der Waals surface area (Å²) in [4.78, 5) is 10.4. The minimum absolute atomic E-state index is 0.0343. The molecule has 0 radical (unpaired) electrons. The molecule has 0 amide bonds. The first kappa shape index (κ1) is 14.0. The fourth-order valence-corrected chi connectivity index (χ4v) is 4.26. The highest BCUT2D eigenvalue weighted by Crippen LogP contribution is 2.32. The maximum atomic E-state index is 10.4. The van der Waals surface area contributed by atoms with E-state index in [1.165, 1.54) is 42.4 Å². The van der Waals surface area contributed by atoms with Crippen molar-refractivity contribution in [2.24, 2.45) is 0 Å². The van der Waals surface area contributed by atoms with Gasteiger partial charge in [0.25, 0.3) is 0 Å². The van der Waals surface area contributed by atoms with Crippen LogP contribution in [-0.4, -0.2) is 44.6 Å². The van der Waals surface area contributed by atoms with Crippen molar-refractivity contribution in [2.45, 2.75) is 34.9 Å². The first-order valence-electron chi connectivity index (χ1n) is 5.65. The van der Waals surface area contributed by atoms with Crippen LogP contribution in [-0.2, 0) is 4.79 Å². The minimum Gasteiger partial charge on any atom is -0.481 e. The molecular formula is C10H15N3O2S3. The Labute approximate surface area is 118 Å². The summed E-state index contributed by atoms with van der Waals surface area (Å²) in [7, 11) is 0. The van der Waals surface area contributed by atoms with Crippen molar-refractivity contribution in [3.05, 3.63) is 0 Å². The van der Waals surface area contributed by atoms with Crippen LogP contribution < -0.4 is 5.32 Å². The Morgan fingerprint density at radius 2 is 2.39 bits per heavy atom. The number of nitrogens with zero attached hydrogens (tertiary/aromatic N) is 2. The molecule has 18 heavy (non-hydrogen) atoms. The average molecular weight is 305 g/mol. The van der Waals surface area contributed by atoms with Crippen LogP contribution in [0.2, 0.25) is 0 Å². The molecule has 100 valence electrons. The van der Waals surface area contributed by atoms with Gasteiger partial charge < -0.3 is 10.4 Å². The minimum atomic E-state index is -0.830. The first-order chi connectivity index (χ1) is 8.67. The predicted octanol–water partition coefficient (Wildman–Crippen LogP) is 2.41. The van der Waals surface area contributed by atoms with Crippen LogP contribution in [0.3, 0.4) is 0 Å². The lowest BCUT2D eigenvalue weighted by molar-refractivity contribution is -0.133. The molecule has 2 rings (SSSR count). The van der Waals surface area contributed by atoms with Crippen LogP contribution in [0.25, 0.3) is 0 Å². The number of thioether (sulfide) groups is 2. The van der Waals surface area contributed by atoms with Gasteiger partial charge in [-0.2, -0.15) is 11.8 Å².